The van der Waals surface area contributed by atoms with Crippen LogP contribution >= 0.6 is 11.8 Å². The first-order chi connectivity index (χ1) is 9.60. The van der Waals surface area contributed by atoms with Gasteiger partial charge >= 0.3 is 0 Å². The van der Waals surface area contributed by atoms with Gasteiger partial charge in [0.25, 0.3) is 5.76 Å². The second-order valence-electron chi connectivity index (χ2n) is 4.16. The first-order valence-corrected chi connectivity index (χ1v) is 6.79. The number of nitrogens with zero attached hydrogens (tertiary/aromatic N) is 1. The molecule has 0 radical (unpaired) electrons. The van der Waals surface area contributed by atoms with Crippen molar-refractivity contribution in [1.29, 1.82) is 5.26 Å². The minimum atomic E-state index is -2.48. The summed E-state index contributed by atoms with van der Waals surface area (Å²) in [7, 11) is 0. The number of hydrogen-bond donors (Lipinski definition) is 1. The van der Waals surface area contributed by atoms with Crippen LogP contribution in [-0.4, -0.2) is 5.76 Å². The number of rotatable bonds is 4. The third kappa shape index (κ3) is 3.49. The molecule has 2 aromatic carbocycles. The van der Waals surface area contributed by atoms with Gasteiger partial charge in [-0.3, -0.25) is 0 Å². The van der Waals surface area contributed by atoms with E-state index in [4.69, 9.17) is 5.26 Å². The van der Waals surface area contributed by atoms with Crippen LogP contribution in [0.2, 0.25) is 0 Å². The molecule has 20 heavy (non-hydrogen) atoms. The van der Waals surface area contributed by atoms with Crippen molar-refractivity contribution >= 4 is 23.1 Å². The van der Waals surface area contributed by atoms with E-state index in [0.29, 0.717) is 33.6 Å². The largest absolute Gasteiger partial charge is 0.354 e. The Kier molecular flexibility index (Phi) is 4.59. The van der Waals surface area contributed by atoms with E-state index in [1.165, 1.54) is 0 Å². The highest BCUT2D eigenvalue weighted by molar-refractivity contribution is 7.99. The molecule has 2 rings (SSSR count). The number of alkyl halides is 2. The summed E-state index contributed by atoms with van der Waals surface area (Å²) in [6.45, 7) is 1.91. The number of halogens is 2. The van der Waals surface area contributed by atoms with E-state index < -0.39 is 5.76 Å². The van der Waals surface area contributed by atoms with Crippen molar-refractivity contribution in [1.82, 2.24) is 0 Å². The fourth-order valence-electron chi connectivity index (χ4n) is 1.77. The molecule has 0 aromatic heterocycles. The Bertz CT molecular complexity index is 651. The van der Waals surface area contributed by atoms with Crippen LogP contribution in [0.15, 0.2) is 47.4 Å². The van der Waals surface area contributed by atoms with Crippen LogP contribution in [0.1, 0.15) is 11.1 Å². The second-order valence-corrected chi connectivity index (χ2v) is 5.19. The Morgan fingerprint density at radius 3 is 2.60 bits per heavy atom. The molecule has 2 aromatic rings. The molecule has 0 saturated carbocycles. The van der Waals surface area contributed by atoms with Crippen LogP contribution in [0.3, 0.4) is 0 Å². The van der Waals surface area contributed by atoms with Crippen LogP contribution in [0.4, 0.5) is 20.2 Å². The number of benzene rings is 2. The summed E-state index contributed by atoms with van der Waals surface area (Å²) in [6.07, 6.45) is 0. The summed E-state index contributed by atoms with van der Waals surface area (Å²) in [4.78, 5) is 0.452. The van der Waals surface area contributed by atoms with Crippen LogP contribution in [0.5, 0.6) is 0 Å². The van der Waals surface area contributed by atoms with Gasteiger partial charge in [-0.05, 0) is 36.8 Å². The van der Waals surface area contributed by atoms with Gasteiger partial charge < -0.3 is 5.32 Å². The number of nitriles is 1. The summed E-state index contributed by atoms with van der Waals surface area (Å²) < 4.78 is 25.1. The number of hydrogen-bond acceptors (Lipinski definition) is 3. The number of para-hydroxylation sites is 1. The lowest BCUT2D eigenvalue weighted by molar-refractivity contribution is 0.252. The monoisotopic (exact) mass is 290 g/mol. The topological polar surface area (TPSA) is 35.8 Å². The SMILES string of the molecule is Cc1ccc(C#N)c(Nc2ccccc2SC(F)F)c1. The molecular weight excluding hydrogens is 278 g/mol. The first-order valence-electron chi connectivity index (χ1n) is 5.92. The van der Waals surface area contributed by atoms with Gasteiger partial charge in [0.2, 0.25) is 0 Å². The minimum absolute atomic E-state index is 0.452. The molecule has 0 aliphatic heterocycles. The van der Waals surface area contributed by atoms with E-state index in [0.717, 1.165) is 5.56 Å². The van der Waals surface area contributed by atoms with Crippen molar-refractivity contribution in [3.05, 3.63) is 53.6 Å². The van der Waals surface area contributed by atoms with Crippen LogP contribution in [0, 0.1) is 18.3 Å². The maximum atomic E-state index is 12.5. The predicted octanol–water partition coefficient (Wildman–Crippen LogP) is 4.93. The highest BCUT2D eigenvalue weighted by Crippen LogP contribution is 2.34. The molecule has 0 bridgehead atoms. The Morgan fingerprint density at radius 1 is 1.15 bits per heavy atom. The lowest BCUT2D eigenvalue weighted by Crippen LogP contribution is -1.96. The number of aryl methyl sites for hydroxylation is 1. The van der Waals surface area contributed by atoms with Crippen molar-refractivity contribution in [2.45, 2.75) is 17.6 Å². The summed E-state index contributed by atoms with van der Waals surface area (Å²) in [5, 5.41) is 12.1. The van der Waals surface area contributed by atoms with Crippen molar-refractivity contribution in [3.63, 3.8) is 0 Å². The highest BCUT2D eigenvalue weighted by Gasteiger charge is 2.11. The Labute approximate surface area is 120 Å². The molecule has 5 heteroatoms. The van der Waals surface area contributed by atoms with Gasteiger partial charge in [0.05, 0.1) is 16.9 Å². The van der Waals surface area contributed by atoms with Crippen LogP contribution in [-0.2, 0) is 0 Å². The maximum Gasteiger partial charge on any atom is 0.288 e. The average Bonchev–Trinajstić information content (AvgIpc) is 2.41. The highest BCUT2D eigenvalue weighted by atomic mass is 32.2. The number of anilines is 2. The normalized spacial score (nSPS) is 10.3. The van der Waals surface area contributed by atoms with Crippen LogP contribution < -0.4 is 5.32 Å². The van der Waals surface area contributed by atoms with Gasteiger partial charge in [-0.15, -0.1) is 0 Å². The predicted molar refractivity (Wildman–Crippen MR) is 77.5 cm³/mol. The van der Waals surface area contributed by atoms with Crippen molar-refractivity contribution < 1.29 is 8.78 Å². The molecular formula is C15H12F2N2S. The van der Waals surface area contributed by atoms with E-state index >= 15 is 0 Å². The molecule has 0 heterocycles. The fraction of sp³-hybridized carbons (Fsp3) is 0.133. The molecule has 0 saturated heterocycles. The van der Waals surface area contributed by atoms with E-state index in [9.17, 15) is 8.78 Å². The average molecular weight is 290 g/mol. The zero-order valence-corrected chi connectivity index (χ0v) is 11.5. The second kappa shape index (κ2) is 6.40. The molecule has 102 valence electrons. The molecule has 0 spiro atoms. The van der Waals surface area contributed by atoms with Gasteiger partial charge in [-0.1, -0.05) is 30.0 Å². The van der Waals surface area contributed by atoms with E-state index in [2.05, 4.69) is 11.4 Å². The van der Waals surface area contributed by atoms with Gasteiger partial charge in [0, 0.05) is 4.90 Å². The zero-order chi connectivity index (χ0) is 14.5. The smallest absolute Gasteiger partial charge is 0.288 e. The van der Waals surface area contributed by atoms with Gasteiger partial charge in [0.1, 0.15) is 6.07 Å². The molecule has 0 aliphatic rings. The van der Waals surface area contributed by atoms with Crippen molar-refractivity contribution in [2.75, 3.05) is 5.32 Å². The summed E-state index contributed by atoms with van der Waals surface area (Å²) in [6, 6.07) is 14.3. The Morgan fingerprint density at radius 2 is 1.90 bits per heavy atom. The zero-order valence-electron chi connectivity index (χ0n) is 10.7. The van der Waals surface area contributed by atoms with Gasteiger partial charge in [0.15, 0.2) is 0 Å². The third-order valence-corrected chi connectivity index (χ3v) is 3.46. The Balaban J connectivity index is 2.35. The molecule has 1 N–H and O–H groups in total. The minimum Gasteiger partial charge on any atom is -0.354 e. The summed E-state index contributed by atoms with van der Waals surface area (Å²) >= 11 is 0.483. The molecule has 0 atom stereocenters. The van der Waals surface area contributed by atoms with E-state index in [-0.39, 0.29) is 0 Å². The van der Waals surface area contributed by atoms with E-state index in [1.807, 2.05) is 19.1 Å². The van der Waals surface area contributed by atoms with Crippen LogP contribution in [0.25, 0.3) is 0 Å². The third-order valence-electron chi connectivity index (χ3n) is 2.67. The number of thioether (sulfide) groups is 1. The Hall–Kier alpha value is -2.06. The lowest BCUT2D eigenvalue weighted by Gasteiger charge is -2.13. The summed E-state index contributed by atoms with van der Waals surface area (Å²) in [5.41, 5.74) is 2.66. The summed E-state index contributed by atoms with van der Waals surface area (Å²) in [5.74, 6) is -2.48. The standard InChI is InChI=1S/C15H12F2N2S/c1-10-6-7-11(9-18)13(8-10)19-12-4-2-3-5-14(12)20-15(16)17/h2-8,15,19H,1H3. The van der Waals surface area contributed by atoms with E-state index in [1.54, 1.807) is 30.3 Å². The molecule has 0 unspecified atom stereocenters. The molecule has 0 fully saturated rings. The molecule has 0 aliphatic carbocycles. The molecule has 0 amide bonds. The molecule has 2 nitrogen and oxygen atoms in total. The number of nitrogens with one attached hydrogen (secondary N) is 1. The lowest BCUT2D eigenvalue weighted by atomic mass is 10.1. The van der Waals surface area contributed by atoms with Crippen molar-refractivity contribution in [2.24, 2.45) is 0 Å². The quantitative estimate of drug-likeness (QED) is 0.811. The van der Waals surface area contributed by atoms with Crippen molar-refractivity contribution in [3.8, 4) is 6.07 Å². The maximum absolute atomic E-state index is 12.5. The van der Waals surface area contributed by atoms with Gasteiger partial charge in [-0.25, -0.2) is 0 Å². The van der Waals surface area contributed by atoms with Gasteiger partial charge in [-0.2, -0.15) is 14.0 Å². The fourth-order valence-corrected chi connectivity index (χ4v) is 2.37. The first kappa shape index (κ1) is 14.4.